The molecule has 1 aromatic heterocycles. The van der Waals surface area contributed by atoms with Gasteiger partial charge in [-0.1, -0.05) is 38.1 Å². The summed E-state index contributed by atoms with van der Waals surface area (Å²) in [6.07, 6.45) is 4.64. The van der Waals surface area contributed by atoms with Crippen LogP contribution in [0.5, 0.6) is 0 Å². The van der Waals surface area contributed by atoms with E-state index in [0.717, 1.165) is 15.8 Å². The zero-order valence-corrected chi connectivity index (χ0v) is 17.9. The van der Waals surface area contributed by atoms with Crippen LogP contribution in [0.25, 0.3) is 0 Å². The minimum Gasteiger partial charge on any atom is -0.323 e. The Morgan fingerprint density at radius 3 is 2.14 bits per heavy atom. The van der Waals surface area contributed by atoms with Crippen molar-refractivity contribution >= 4 is 15.9 Å². The number of rotatable bonds is 8. The number of hydrogen-bond acceptors (Lipinski definition) is 4. The van der Waals surface area contributed by atoms with E-state index < -0.39 is 9.84 Å². The molecule has 0 spiro atoms. The highest BCUT2D eigenvalue weighted by molar-refractivity contribution is 7.91. The average molecular weight is 404 g/mol. The molecule has 0 bridgehead atoms. The van der Waals surface area contributed by atoms with Gasteiger partial charge in [-0.2, -0.15) is 9.78 Å². The van der Waals surface area contributed by atoms with Gasteiger partial charge in [-0.15, -0.1) is 6.58 Å². The van der Waals surface area contributed by atoms with Gasteiger partial charge in [0.15, 0.2) is 5.03 Å². The van der Waals surface area contributed by atoms with Gasteiger partial charge < -0.3 is 4.90 Å². The maximum atomic E-state index is 13.6. The molecule has 28 heavy (non-hydrogen) atoms. The Labute approximate surface area is 167 Å². The number of allylic oxidation sites excluding steroid dienone is 1. The lowest BCUT2D eigenvalue weighted by molar-refractivity contribution is 0.201. The van der Waals surface area contributed by atoms with Gasteiger partial charge in [-0.3, -0.25) is 0 Å². The molecule has 0 fully saturated rings. The van der Waals surface area contributed by atoms with Gasteiger partial charge in [0.1, 0.15) is 0 Å². The van der Waals surface area contributed by atoms with E-state index in [4.69, 9.17) is 0 Å². The predicted molar refractivity (Wildman–Crippen MR) is 110 cm³/mol. The Balaban J connectivity index is 2.70. The molecule has 0 atom stereocenters. The summed E-state index contributed by atoms with van der Waals surface area (Å²) in [7, 11) is -3.88. The topological polar surface area (TPSA) is 72.3 Å². The van der Waals surface area contributed by atoms with Crippen LogP contribution >= 0.6 is 0 Å². The van der Waals surface area contributed by atoms with Gasteiger partial charge in [-0.25, -0.2) is 13.2 Å². The van der Waals surface area contributed by atoms with Gasteiger partial charge in [0.25, 0.3) is 0 Å². The zero-order valence-electron chi connectivity index (χ0n) is 17.1. The van der Waals surface area contributed by atoms with Crippen LogP contribution < -0.4 is 0 Å². The second kappa shape index (κ2) is 9.19. The van der Waals surface area contributed by atoms with Crippen molar-refractivity contribution in [2.75, 3.05) is 13.1 Å². The summed E-state index contributed by atoms with van der Waals surface area (Å²) in [6.45, 7) is 12.4. The molecule has 0 aliphatic rings. The predicted octanol–water partition coefficient (Wildman–Crippen LogP) is 3.88. The van der Waals surface area contributed by atoms with Crippen LogP contribution in [0, 0.1) is 0 Å². The van der Waals surface area contributed by atoms with E-state index >= 15 is 0 Å². The minimum atomic E-state index is -3.88. The molecular weight excluding hydrogens is 374 g/mol. The fourth-order valence-corrected chi connectivity index (χ4v) is 5.27. The van der Waals surface area contributed by atoms with Crippen molar-refractivity contribution in [1.29, 1.82) is 0 Å². The molecule has 1 amide bonds. The van der Waals surface area contributed by atoms with Crippen LogP contribution in [0.1, 0.15) is 44.4 Å². The molecule has 0 aliphatic heterocycles. The lowest BCUT2D eigenvalue weighted by Crippen LogP contribution is -2.34. The number of sulfone groups is 1. The summed E-state index contributed by atoms with van der Waals surface area (Å²) in [5.74, 6) is 0. The monoisotopic (exact) mass is 403 g/mol. The van der Waals surface area contributed by atoms with Crippen molar-refractivity contribution < 1.29 is 13.2 Å². The largest absolute Gasteiger partial charge is 0.344 e. The standard InChI is InChI=1S/C21H29N3O3S/c1-6-12-18-15-24(21(25)23(9-4)10-5)22-20(18)28(26,27)19-16(7-2)13-11-14-17(19)8-3/h6,11,13-15H,1,7-10,12H2,2-5H3. The third kappa shape index (κ3) is 4.04. The van der Waals surface area contributed by atoms with Crippen molar-refractivity contribution in [2.24, 2.45) is 0 Å². The first-order chi connectivity index (χ1) is 13.3. The lowest BCUT2D eigenvalue weighted by atomic mass is 10.1. The summed E-state index contributed by atoms with van der Waals surface area (Å²) in [5.41, 5.74) is 1.99. The number of aromatic nitrogens is 2. The highest BCUT2D eigenvalue weighted by Gasteiger charge is 2.30. The maximum absolute atomic E-state index is 13.6. The first-order valence-corrected chi connectivity index (χ1v) is 11.2. The molecule has 0 N–H and O–H groups in total. The Bertz CT molecular complexity index is 935. The van der Waals surface area contributed by atoms with E-state index in [-0.39, 0.29) is 11.1 Å². The summed E-state index contributed by atoms with van der Waals surface area (Å²) in [5, 5.41) is 4.17. The molecule has 0 saturated heterocycles. The fourth-order valence-electron chi connectivity index (χ4n) is 3.29. The van der Waals surface area contributed by atoms with Gasteiger partial charge in [0, 0.05) is 24.8 Å². The molecule has 2 aromatic rings. The van der Waals surface area contributed by atoms with E-state index in [9.17, 15) is 13.2 Å². The molecular formula is C21H29N3O3S. The van der Waals surface area contributed by atoms with Gasteiger partial charge >= 0.3 is 6.03 Å². The number of benzene rings is 1. The van der Waals surface area contributed by atoms with Crippen LogP contribution in [0.15, 0.2) is 47.0 Å². The third-order valence-electron chi connectivity index (χ3n) is 4.81. The first kappa shape index (κ1) is 21.9. The maximum Gasteiger partial charge on any atom is 0.344 e. The Hall–Kier alpha value is -2.41. The summed E-state index contributed by atoms with van der Waals surface area (Å²) >= 11 is 0. The smallest absolute Gasteiger partial charge is 0.323 e. The van der Waals surface area contributed by atoms with Crippen molar-refractivity contribution in [1.82, 2.24) is 14.7 Å². The summed E-state index contributed by atoms with van der Waals surface area (Å²) in [6, 6.07) is 5.20. The van der Waals surface area contributed by atoms with E-state index in [2.05, 4.69) is 11.7 Å². The lowest BCUT2D eigenvalue weighted by Gasteiger charge is -2.17. The van der Waals surface area contributed by atoms with Crippen LogP contribution in [0.3, 0.4) is 0 Å². The van der Waals surface area contributed by atoms with Gasteiger partial charge in [-0.05, 0) is 44.2 Å². The minimum absolute atomic E-state index is 0.0662. The number of nitrogens with zero attached hydrogens (tertiary/aromatic N) is 3. The molecule has 6 nitrogen and oxygen atoms in total. The highest BCUT2D eigenvalue weighted by Crippen LogP contribution is 2.30. The number of carbonyl (C=O) groups is 1. The molecule has 152 valence electrons. The molecule has 0 aliphatic carbocycles. The Morgan fingerprint density at radius 1 is 1.11 bits per heavy atom. The van der Waals surface area contributed by atoms with Crippen molar-refractivity contribution in [2.45, 2.75) is 56.9 Å². The molecule has 0 unspecified atom stereocenters. The second-order valence-electron chi connectivity index (χ2n) is 6.47. The normalized spacial score (nSPS) is 11.4. The summed E-state index contributed by atoms with van der Waals surface area (Å²) in [4.78, 5) is 14.6. The van der Waals surface area contributed by atoms with E-state index in [1.807, 2.05) is 45.9 Å². The van der Waals surface area contributed by atoms with Crippen molar-refractivity contribution in [3.63, 3.8) is 0 Å². The van der Waals surface area contributed by atoms with Crippen LogP contribution in [-0.4, -0.2) is 42.2 Å². The first-order valence-electron chi connectivity index (χ1n) is 9.70. The molecule has 1 heterocycles. The zero-order chi connectivity index (χ0) is 20.9. The Morgan fingerprint density at radius 2 is 1.68 bits per heavy atom. The molecule has 7 heteroatoms. The van der Waals surface area contributed by atoms with Crippen LogP contribution in [0.4, 0.5) is 4.79 Å². The molecule has 2 rings (SSSR count). The number of amides is 1. The number of carbonyl (C=O) groups excluding carboxylic acids is 1. The average Bonchev–Trinajstić information content (AvgIpc) is 3.13. The highest BCUT2D eigenvalue weighted by atomic mass is 32.2. The van der Waals surface area contributed by atoms with E-state index in [1.165, 1.54) is 6.20 Å². The Kier molecular flexibility index (Phi) is 7.18. The van der Waals surface area contributed by atoms with E-state index in [0.29, 0.717) is 42.8 Å². The second-order valence-corrected chi connectivity index (χ2v) is 8.27. The van der Waals surface area contributed by atoms with Crippen LogP contribution in [-0.2, 0) is 29.1 Å². The van der Waals surface area contributed by atoms with Crippen molar-refractivity contribution in [3.05, 3.63) is 53.7 Å². The van der Waals surface area contributed by atoms with Gasteiger partial charge in [0.2, 0.25) is 9.84 Å². The molecule has 1 aromatic carbocycles. The van der Waals surface area contributed by atoms with E-state index in [1.54, 1.807) is 11.0 Å². The fraction of sp³-hybridized carbons (Fsp3) is 0.429. The van der Waals surface area contributed by atoms with Crippen molar-refractivity contribution in [3.8, 4) is 0 Å². The van der Waals surface area contributed by atoms with Gasteiger partial charge in [0.05, 0.1) is 4.90 Å². The van der Waals surface area contributed by atoms with Crippen LogP contribution in [0.2, 0.25) is 0 Å². The quantitative estimate of drug-likeness (QED) is 0.627. The molecule has 0 radical (unpaired) electrons. The number of aryl methyl sites for hydroxylation is 2. The third-order valence-corrected chi connectivity index (χ3v) is 6.72. The molecule has 0 saturated carbocycles. The SMILES string of the molecule is C=CCc1cn(C(=O)N(CC)CC)nc1S(=O)(=O)c1c(CC)cccc1CC. The summed E-state index contributed by atoms with van der Waals surface area (Å²) < 4.78 is 28.3. The number of hydrogen-bond donors (Lipinski definition) is 0.